The first-order valence-corrected chi connectivity index (χ1v) is 19.3. The van der Waals surface area contributed by atoms with Gasteiger partial charge in [0.25, 0.3) is 0 Å². The highest BCUT2D eigenvalue weighted by atomic mass is 15.1. The lowest BCUT2D eigenvalue weighted by Gasteiger charge is -2.49. The summed E-state index contributed by atoms with van der Waals surface area (Å²) in [5.41, 5.74) is 4.02. The first-order valence-electron chi connectivity index (χ1n) is 19.3. The highest BCUT2D eigenvalue weighted by molar-refractivity contribution is 5.30. The summed E-state index contributed by atoms with van der Waals surface area (Å²) in [6.45, 7) is 24.1. The lowest BCUT2D eigenvalue weighted by molar-refractivity contribution is 0.108. The van der Waals surface area contributed by atoms with Crippen molar-refractivity contribution in [2.75, 3.05) is 0 Å². The molecule has 2 atom stereocenters. The van der Waals surface area contributed by atoms with E-state index >= 15 is 0 Å². The molecule has 1 aromatic rings. The predicted octanol–water partition coefficient (Wildman–Crippen LogP) is 12.5. The van der Waals surface area contributed by atoms with Gasteiger partial charge in [-0.15, -0.1) is 0 Å². The van der Waals surface area contributed by atoms with Crippen LogP contribution in [0, 0.1) is 11.8 Å². The Morgan fingerprint density at radius 3 is 1.05 bits per heavy atom. The van der Waals surface area contributed by atoms with E-state index in [0.717, 1.165) is 11.8 Å². The molecule has 0 radical (unpaired) electrons. The van der Waals surface area contributed by atoms with Gasteiger partial charge in [0.15, 0.2) is 0 Å². The maximum absolute atomic E-state index is 3.96. The summed E-state index contributed by atoms with van der Waals surface area (Å²) in [5.74, 6) is 2.83. The number of hydrogen-bond donors (Lipinski definition) is 2. The molecule has 1 aromatic carbocycles. The Morgan fingerprint density at radius 1 is 0.477 bits per heavy atom. The van der Waals surface area contributed by atoms with Crippen LogP contribution in [0.25, 0.3) is 0 Å². The monoisotopic (exact) mass is 609 g/mol. The Bertz CT molecular complexity index is 830. The van der Waals surface area contributed by atoms with Gasteiger partial charge in [-0.05, 0) is 129 Å². The van der Waals surface area contributed by atoms with Crippen molar-refractivity contribution < 1.29 is 0 Å². The van der Waals surface area contributed by atoms with Gasteiger partial charge in [0.2, 0.25) is 0 Å². The summed E-state index contributed by atoms with van der Waals surface area (Å²) >= 11 is 0. The van der Waals surface area contributed by atoms with E-state index in [-0.39, 0.29) is 22.2 Å². The average molecular weight is 609 g/mol. The molecule has 2 nitrogen and oxygen atoms in total. The third kappa shape index (κ3) is 12.4. The molecule has 44 heavy (non-hydrogen) atoms. The molecule has 0 amide bonds. The zero-order valence-corrected chi connectivity index (χ0v) is 31.3. The summed E-state index contributed by atoms with van der Waals surface area (Å²) in [6, 6.07) is 10.4. The van der Waals surface area contributed by atoms with Crippen molar-refractivity contribution in [3.8, 4) is 0 Å². The highest BCUT2D eigenvalue weighted by Crippen LogP contribution is 2.46. The van der Waals surface area contributed by atoms with E-state index in [9.17, 15) is 0 Å². The fourth-order valence-corrected chi connectivity index (χ4v) is 10.0. The molecule has 2 heteroatoms. The van der Waals surface area contributed by atoms with Gasteiger partial charge in [0.1, 0.15) is 0 Å². The normalized spacial score (nSPS) is 23.0. The fourth-order valence-electron chi connectivity index (χ4n) is 10.0. The van der Waals surface area contributed by atoms with Gasteiger partial charge >= 0.3 is 0 Å². The number of rotatable bonds is 18. The van der Waals surface area contributed by atoms with Crippen molar-refractivity contribution in [2.45, 2.75) is 219 Å². The van der Waals surface area contributed by atoms with E-state index in [2.05, 4.69) is 104 Å². The zero-order chi connectivity index (χ0) is 32.4. The molecule has 0 bridgehead atoms. The number of hydrogen-bond acceptors (Lipinski definition) is 2. The fraction of sp³-hybridized carbons (Fsp3) is 0.857. The Labute approximate surface area is 276 Å². The Balaban J connectivity index is 1.83. The molecule has 0 saturated carbocycles. The van der Waals surface area contributed by atoms with Crippen molar-refractivity contribution in [1.82, 2.24) is 10.6 Å². The highest BCUT2D eigenvalue weighted by Gasteiger charge is 2.42. The van der Waals surface area contributed by atoms with Gasteiger partial charge in [-0.1, -0.05) is 115 Å². The van der Waals surface area contributed by atoms with Gasteiger partial charge in [0, 0.05) is 22.2 Å². The first-order chi connectivity index (χ1) is 20.7. The smallest absolute Gasteiger partial charge is 0.0132 e. The van der Waals surface area contributed by atoms with Crippen LogP contribution in [-0.4, -0.2) is 22.2 Å². The second kappa shape index (κ2) is 16.8. The minimum absolute atomic E-state index is 0.197. The summed E-state index contributed by atoms with van der Waals surface area (Å²) in [5, 5.41) is 7.93. The van der Waals surface area contributed by atoms with Crippen LogP contribution in [0.2, 0.25) is 0 Å². The number of piperidine rings is 2. The minimum atomic E-state index is 0.197. The second-order valence-electron chi connectivity index (χ2n) is 18.1. The summed E-state index contributed by atoms with van der Waals surface area (Å²) in [7, 11) is 0. The zero-order valence-electron chi connectivity index (χ0n) is 31.3. The maximum Gasteiger partial charge on any atom is 0.0132 e. The van der Waals surface area contributed by atoms with E-state index in [1.54, 1.807) is 11.1 Å². The predicted molar refractivity (Wildman–Crippen MR) is 196 cm³/mol. The van der Waals surface area contributed by atoms with Gasteiger partial charge in [-0.2, -0.15) is 0 Å². The van der Waals surface area contributed by atoms with Crippen molar-refractivity contribution in [2.24, 2.45) is 11.8 Å². The molecule has 2 heterocycles. The topological polar surface area (TPSA) is 24.1 Å². The van der Waals surface area contributed by atoms with Gasteiger partial charge < -0.3 is 10.6 Å². The van der Waals surface area contributed by atoms with Crippen LogP contribution < -0.4 is 10.6 Å². The summed E-state index contributed by atoms with van der Waals surface area (Å²) < 4.78 is 0. The number of benzene rings is 1. The molecule has 2 N–H and O–H groups in total. The van der Waals surface area contributed by atoms with Crippen LogP contribution in [0.1, 0.15) is 208 Å². The lowest BCUT2D eigenvalue weighted by atomic mass is 9.66. The average Bonchev–Trinajstić information content (AvgIpc) is 2.89. The molecule has 2 aliphatic rings. The quantitative estimate of drug-likeness (QED) is 0.162. The van der Waals surface area contributed by atoms with Gasteiger partial charge in [0.05, 0.1) is 0 Å². The van der Waals surface area contributed by atoms with Crippen LogP contribution in [0.5, 0.6) is 0 Å². The van der Waals surface area contributed by atoms with Crippen molar-refractivity contribution in [3.63, 3.8) is 0 Å². The van der Waals surface area contributed by atoms with Crippen LogP contribution in [0.15, 0.2) is 24.3 Å². The SMILES string of the molecule is CCCCCCCCC(c1ccc(C(CCCCCCCC)C2CC(C)(C)NC(C)(C)C2)cc1)C1CC(C)(C)NC(C)(C)C1. The minimum Gasteiger partial charge on any atom is -0.307 e. The molecule has 3 rings (SSSR count). The summed E-state index contributed by atoms with van der Waals surface area (Å²) in [6.07, 6.45) is 24.4. The molecule has 2 unspecified atom stereocenters. The lowest BCUT2D eigenvalue weighted by Crippen LogP contribution is -2.58. The largest absolute Gasteiger partial charge is 0.307 e. The van der Waals surface area contributed by atoms with Crippen LogP contribution in [-0.2, 0) is 0 Å². The third-order valence-corrected chi connectivity index (χ3v) is 11.1. The van der Waals surface area contributed by atoms with Crippen LogP contribution >= 0.6 is 0 Å². The summed E-state index contributed by atoms with van der Waals surface area (Å²) in [4.78, 5) is 0. The van der Waals surface area contributed by atoms with E-state index in [4.69, 9.17) is 0 Å². The third-order valence-electron chi connectivity index (χ3n) is 11.1. The Hall–Kier alpha value is -0.860. The van der Waals surface area contributed by atoms with Gasteiger partial charge in [-0.3, -0.25) is 0 Å². The number of unbranched alkanes of at least 4 members (excludes halogenated alkanes) is 10. The molecule has 2 fully saturated rings. The molecule has 0 aromatic heterocycles. The van der Waals surface area contributed by atoms with Gasteiger partial charge in [-0.25, -0.2) is 0 Å². The molecule has 0 aliphatic carbocycles. The number of nitrogens with one attached hydrogen (secondary N) is 2. The maximum atomic E-state index is 3.96. The van der Waals surface area contributed by atoms with Crippen molar-refractivity contribution >= 4 is 0 Å². The second-order valence-corrected chi connectivity index (χ2v) is 18.1. The van der Waals surface area contributed by atoms with Crippen molar-refractivity contribution in [1.29, 1.82) is 0 Å². The van der Waals surface area contributed by atoms with E-state index < -0.39 is 0 Å². The molecular formula is C42H76N2. The van der Waals surface area contributed by atoms with Crippen molar-refractivity contribution in [3.05, 3.63) is 35.4 Å². The molecule has 2 aliphatic heterocycles. The molecule has 0 spiro atoms. The first kappa shape index (κ1) is 37.6. The standard InChI is InChI=1S/C42H76N2/c1-11-13-15-17-19-21-23-37(35-29-39(3,4)43-40(5,6)30-35)33-25-27-34(28-26-33)38(24-22-20-18-16-14-12-2)36-31-41(7,8)44-42(9,10)32-36/h25-28,35-38,43-44H,11-24,29-32H2,1-10H3. The van der Waals surface area contributed by atoms with E-state index in [0.29, 0.717) is 11.8 Å². The Morgan fingerprint density at radius 2 is 0.750 bits per heavy atom. The Kier molecular flexibility index (Phi) is 14.4. The molecule has 2 saturated heterocycles. The molecular weight excluding hydrogens is 532 g/mol. The van der Waals surface area contributed by atoms with E-state index in [1.165, 1.54) is 116 Å². The van der Waals surface area contributed by atoms with Crippen LogP contribution in [0.4, 0.5) is 0 Å². The van der Waals surface area contributed by atoms with Crippen LogP contribution in [0.3, 0.4) is 0 Å². The molecule has 254 valence electrons. The van der Waals surface area contributed by atoms with E-state index in [1.807, 2.05) is 0 Å².